The van der Waals surface area contributed by atoms with Crippen molar-refractivity contribution in [2.45, 2.75) is 6.92 Å². The minimum absolute atomic E-state index is 0.0654. The third-order valence-corrected chi connectivity index (χ3v) is 3.51. The van der Waals surface area contributed by atoms with Crippen molar-refractivity contribution in [3.05, 3.63) is 52.1 Å². The molecule has 2 aromatic rings. The van der Waals surface area contributed by atoms with Gasteiger partial charge in [-0.05, 0) is 46.6 Å². The molecule has 104 valence electrons. The number of para-hydroxylation sites is 1. The van der Waals surface area contributed by atoms with Crippen molar-refractivity contribution in [1.29, 1.82) is 0 Å². The number of hydrogen-bond donors (Lipinski definition) is 2. The minimum Gasteiger partial charge on any atom is -0.409 e. The fourth-order valence-electron chi connectivity index (χ4n) is 1.92. The molecule has 1 heterocycles. The van der Waals surface area contributed by atoms with Crippen LogP contribution in [0.15, 0.2) is 46.2 Å². The van der Waals surface area contributed by atoms with Crippen LogP contribution in [0.4, 0.5) is 11.5 Å². The van der Waals surface area contributed by atoms with E-state index >= 15 is 0 Å². The predicted molar refractivity (Wildman–Crippen MR) is 83.7 cm³/mol. The molecule has 6 heteroatoms. The van der Waals surface area contributed by atoms with Gasteiger partial charge in [0, 0.05) is 18.8 Å². The van der Waals surface area contributed by atoms with Crippen LogP contribution in [-0.2, 0) is 0 Å². The Morgan fingerprint density at radius 2 is 2.10 bits per heavy atom. The first kappa shape index (κ1) is 14.3. The molecule has 0 saturated heterocycles. The van der Waals surface area contributed by atoms with E-state index in [1.54, 1.807) is 12.3 Å². The average molecular weight is 335 g/mol. The van der Waals surface area contributed by atoms with E-state index in [4.69, 9.17) is 10.9 Å². The van der Waals surface area contributed by atoms with Crippen molar-refractivity contribution >= 4 is 33.3 Å². The summed E-state index contributed by atoms with van der Waals surface area (Å²) in [4.78, 5) is 6.30. The zero-order chi connectivity index (χ0) is 14.7. The number of amidine groups is 1. The number of hydrogen-bond acceptors (Lipinski definition) is 4. The van der Waals surface area contributed by atoms with Gasteiger partial charge in [-0.15, -0.1) is 0 Å². The molecule has 0 radical (unpaired) electrons. The van der Waals surface area contributed by atoms with Crippen molar-refractivity contribution in [2.24, 2.45) is 10.9 Å². The molecule has 2 rings (SSSR count). The highest BCUT2D eigenvalue weighted by Gasteiger charge is 2.15. The van der Waals surface area contributed by atoms with Gasteiger partial charge in [0.15, 0.2) is 5.84 Å². The Balaban J connectivity index is 2.51. The van der Waals surface area contributed by atoms with E-state index < -0.39 is 0 Å². The van der Waals surface area contributed by atoms with E-state index in [2.05, 4.69) is 26.1 Å². The number of benzene rings is 1. The lowest BCUT2D eigenvalue weighted by Crippen LogP contribution is -2.20. The van der Waals surface area contributed by atoms with Crippen LogP contribution in [0, 0.1) is 6.92 Å². The van der Waals surface area contributed by atoms with Crippen LogP contribution >= 0.6 is 15.9 Å². The number of pyridine rings is 1. The largest absolute Gasteiger partial charge is 0.409 e. The third kappa shape index (κ3) is 2.75. The van der Waals surface area contributed by atoms with E-state index in [-0.39, 0.29) is 5.84 Å². The zero-order valence-electron chi connectivity index (χ0n) is 11.2. The van der Waals surface area contributed by atoms with Crippen LogP contribution in [0.2, 0.25) is 0 Å². The molecule has 5 nitrogen and oxygen atoms in total. The van der Waals surface area contributed by atoms with Gasteiger partial charge in [0.05, 0.1) is 10.2 Å². The molecule has 0 aliphatic heterocycles. The lowest BCUT2D eigenvalue weighted by atomic mass is 10.1. The number of nitrogens with zero attached hydrogens (tertiary/aromatic N) is 3. The fourth-order valence-corrected chi connectivity index (χ4v) is 2.65. The molecule has 0 atom stereocenters. The summed E-state index contributed by atoms with van der Waals surface area (Å²) in [5, 5.41) is 11.9. The molecule has 0 saturated carbocycles. The summed E-state index contributed by atoms with van der Waals surface area (Å²) in [6.07, 6.45) is 1.79. The highest BCUT2D eigenvalue weighted by atomic mass is 79.9. The smallest absolute Gasteiger partial charge is 0.172 e. The Bertz CT molecular complexity index is 657. The maximum atomic E-state index is 8.88. The molecule has 1 aromatic carbocycles. The van der Waals surface area contributed by atoms with Crippen LogP contribution in [0.3, 0.4) is 0 Å². The van der Waals surface area contributed by atoms with Gasteiger partial charge in [-0.25, -0.2) is 4.98 Å². The number of aryl methyl sites for hydroxylation is 1. The van der Waals surface area contributed by atoms with E-state index in [0.29, 0.717) is 5.56 Å². The van der Waals surface area contributed by atoms with E-state index in [1.807, 2.05) is 43.1 Å². The van der Waals surface area contributed by atoms with Gasteiger partial charge in [0.2, 0.25) is 0 Å². The minimum atomic E-state index is 0.0654. The Kier molecular flexibility index (Phi) is 4.24. The second kappa shape index (κ2) is 5.92. The molecule has 0 aliphatic rings. The molecular weight excluding hydrogens is 320 g/mol. The van der Waals surface area contributed by atoms with Gasteiger partial charge in [-0.3, -0.25) is 0 Å². The summed E-state index contributed by atoms with van der Waals surface area (Å²) in [6, 6.07) is 9.40. The standard InChI is InChI=1S/C14H15BrN4O/c1-9-7-11(15)14(17-8-9)19(2)12-6-4-3-5-10(12)13(16)18-20/h3-8,20H,1-2H3,(H2,16,18). The summed E-state index contributed by atoms with van der Waals surface area (Å²) in [5.74, 6) is 0.824. The van der Waals surface area contributed by atoms with Crippen molar-refractivity contribution in [3.63, 3.8) is 0 Å². The Labute approximate surface area is 125 Å². The number of aromatic nitrogens is 1. The molecule has 20 heavy (non-hydrogen) atoms. The second-order valence-electron chi connectivity index (χ2n) is 4.38. The fraction of sp³-hybridized carbons (Fsp3) is 0.143. The van der Waals surface area contributed by atoms with Crippen LogP contribution in [0.5, 0.6) is 0 Å². The quantitative estimate of drug-likeness (QED) is 0.391. The number of rotatable bonds is 3. The third-order valence-electron chi connectivity index (χ3n) is 2.93. The Morgan fingerprint density at radius 3 is 2.75 bits per heavy atom. The molecule has 0 bridgehead atoms. The van der Waals surface area contributed by atoms with Gasteiger partial charge in [0.25, 0.3) is 0 Å². The highest BCUT2D eigenvalue weighted by Crippen LogP contribution is 2.31. The van der Waals surface area contributed by atoms with Gasteiger partial charge in [-0.2, -0.15) is 0 Å². The summed E-state index contributed by atoms with van der Waals surface area (Å²) in [6.45, 7) is 1.98. The van der Waals surface area contributed by atoms with Gasteiger partial charge in [-0.1, -0.05) is 17.3 Å². The molecule has 0 fully saturated rings. The van der Waals surface area contributed by atoms with Crippen LogP contribution in [-0.4, -0.2) is 23.1 Å². The SMILES string of the molecule is Cc1cnc(N(C)c2ccccc2/C(N)=N/O)c(Br)c1. The zero-order valence-corrected chi connectivity index (χ0v) is 12.8. The first-order valence-corrected chi connectivity index (χ1v) is 6.76. The van der Waals surface area contributed by atoms with Gasteiger partial charge >= 0.3 is 0 Å². The lowest BCUT2D eigenvalue weighted by molar-refractivity contribution is 0.318. The van der Waals surface area contributed by atoms with E-state index in [1.165, 1.54) is 0 Å². The average Bonchev–Trinajstić information content (AvgIpc) is 2.46. The van der Waals surface area contributed by atoms with Crippen molar-refractivity contribution in [2.75, 3.05) is 11.9 Å². The second-order valence-corrected chi connectivity index (χ2v) is 5.23. The molecule has 3 N–H and O–H groups in total. The van der Waals surface area contributed by atoms with Crippen LogP contribution in [0.25, 0.3) is 0 Å². The number of anilines is 2. The molecule has 0 unspecified atom stereocenters. The topological polar surface area (TPSA) is 74.7 Å². The molecule has 0 aliphatic carbocycles. The maximum Gasteiger partial charge on any atom is 0.172 e. The highest BCUT2D eigenvalue weighted by molar-refractivity contribution is 9.10. The Hall–Kier alpha value is -2.08. The van der Waals surface area contributed by atoms with E-state index in [0.717, 1.165) is 21.5 Å². The van der Waals surface area contributed by atoms with E-state index in [9.17, 15) is 0 Å². The van der Waals surface area contributed by atoms with Gasteiger partial charge < -0.3 is 15.8 Å². The number of halogens is 1. The molecule has 0 amide bonds. The number of nitrogens with two attached hydrogens (primary N) is 1. The maximum absolute atomic E-state index is 8.88. The predicted octanol–water partition coefficient (Wildman–Crippen LogP) is 3.01. The first-order valence-electron chi connectivity index (χ1n) is 5.97. The summed E-state index contributed by atoms with van der Waals surface area (Å²) in [7, 11) is 1.88. The van der Waals surface area contributed by atoms with Crippen molar-refractivity contribution in [1.82, 2.24) is 4.98 Å². The molecular formula is C14H15BrN4O. The molecule has 1 aromatic heterocycles. The lowest BCUT2D eigenvalue weighted by Gasteiger charge is -2.22. The monoisotopic (exact) mass is 334 g/mol. The molecule has 0 spiro atoms. The summed E-state index contributed by atoms with van der Waals surface area (Å²) < 4.78 is 0.884. The number of oxime groups is 1. The Morgan fingerprint density at radius 1 is 1.40 bits per heavy atom. The van der Waals surface area contributed by atoms with Crippen LogP contribution in [0.1, 0.15) is 11.1 Å². The summed E-state index contributed by atoms with van der Waals surface area (Å²) >= 11 is 3.51. The first-order chi connectivity index (χ1) is 9.54. The van der Waals surface area contributed by atoms with Crippen LogP contribution < -0.4 is 10.6 Å². The van der Waals surface area contributed by atoms with Gasteiger partial charge in [0.1, 0.15) is 5.82 Å². The summed E-state index contributed by atoms with van der Waals surface area (Å²) in [5.41, 5.74) is 8.23. The van der Waals surface area contributed by atoms with Crippen molar-refractivity contribution in [3.8, 4) is 0 Å². The van der Waals surface area contributed by atoms with Crippen molar-refractivity contribution < 1.29 is 5.21 Å². The normalized spacial score (nSPS) is 11.4.